The minimum absolute atomic E-state index is 0.104. The molecular weight excluding hydrogens is 462 g/mol. The molecule has 0 saturated carbocycles. The summed E-state index contributed by atoms with van der Waals surface area (Å²) >= 11 is 1.75. The Labute approximate surface area is 193 Å². The predicted molar refractivity (Wildman–Crippen MR) is 128 cm³/mol. The maximum atomic E-state index is 11.6. The van der Waals surface area contributed by atoms with Gasteiger partial charge in [0.2, 0.25) is 0 Å². The third-order valence-corrected chi connectivity index (χ3v) is 1.42. The largest absolute Gasteiger partial charge is 0.402 e. The number of rotatable bonds is 0. The number of hydrogen-bond donors (Lipinski definition) is 0. The van der Waals surface area contributed by atoms with Crippen molar-refractivity contribution in [1.82, 2.24) is 0 Å². The van der Waals surface area contributed by atoms with Crippen molar-refractivity contribution in [2.75, 3.05) is 25.0 Å². The summed E-state index contributed by atoms with van der Waals surface area (Å²) in [7, 11) is -2.67. The first-order valence-electron chi connectivity index (χ1n) is 9.75. The van der Waals surface area contributed by atoms with Gasteiger partial charge in [-0.3, -0.25) is 0 Å². The zero-order valence-electron chi connectivity index (χ0n) is 22.2. The van der Waals surface area contributed by atoms with Gasteiger partial charge in [-0.15, -0.1) is 0 Å². The van der Waals surface area contributed by atoms with E-state index in [4.69, 9.17) is 0 Å². The number of halogens is 6. The van der Waals surface area contributed by atoms with E-state index in [-0.39, 0.29) is 13.8 Å². The fourth-order valence-corrected chi connectivity index (χ4v) is 0.161. The zero-order chi connectivity index (χ0) is 27.5. The second-order valence-corrected chi connectivity index (χ2v) is 12.7. The topological polar surface area (TPSA) is 34.1 Å². The number of sulfone groups is 1. The van der Waals surface area contributed by atoms with Crippen molar-refractivity contribution in [3.63, 3.8) is 0 Å². The van der Waals surface area contributed by atoms with Gasteiger partial charge in [0, 0.05) is 12.5 Å². The molecule has 0 aliphatic rings. The molecule has 0 unspecified atom stereocenters. The van der Waals surface area contributed by atoms with Crippen LogP contribution in [-0.4, -0.2) is 45.8 Å². The highest BCUT2D eigenvalue weighted by atomic mass is 32.2. The lowest BCUT2D eigenvalue weighted by atomic mass is 9.92. The van der Waals surface area contributed by atoms with Gasteiger partial charge in [0.25, 0.3) is 0 Å². The molecule has 0 saturated heterocycles. The second-order valence-electron chi connectivity index (χ2n) is 9.61. The molecule has 0 bridgehead atoms. The van der Waals surface area contributed by atoms with Crippen LogP contribution in [0.2, 0.25) is 0 Å². The number of thioether (sulfide) groups is 1. The molecule has 0 fully saturated rings. The van der Waals surface area contributed by atoms with Gasteiger partial charge in [0.1, 0.15) is 9.84 Å². The molecule has 0 aliphatic heterocycles. The van der Waals surface area contributed by atoms with Gasteiger partial charge >= 0.3 is 12.4 Å². The molecular formula is C21H48F6O2S2. The molecule has 0 aromatic heterocycles. The molecule has 0 aromatic rings. The van der Waals surface area contributed by atoms with Gasteiger partial charge in [0.05, 0.1) is 0 Å². The van der Waals surface area contributed by atoms with Crippen molar-refractivity contribution in [3.05, 3.63) is 0 Å². The Hall–Kier alpha value is -0.120. The summed E-state index contributed by atoms with van der Waals surface area (Å²) in [6.45, 7) is 19.7. The van der Waals surface area contributed by atoms with Crippen LogP contribution < -0.4 is 0 Å². The molecule has 0 atom stereocenters. The maximum Gasteiger partial charge on any atom is 0.402 e. The summed E-state index contributed by atoms with van der Waals surface area (Å²) in [5.41, 5.74) is -3.12. The number of alkyl halides is 6. The fraction of sp³-hybridized carbons (Fsp3) is 1.00. The Morgan fingerprint density at radius 2 is 0.774 bits per heavy atom. The standard InChI is InChI=1S/C5H6F6.C5H12.C4H10.C3H8.C2H6O2S.C2H6S/c1-3(2,4(6,7)8)5(9,10)11;1-5(2,3)4;1-4(2)3;1-3-2;1-5(2,3)4;1-3-2/h1-2H3;1-4H3;4H,1-3H3;3H2,1-2H3;1-2H3;1-2H3. The smallest absolute Gasteiger partial charge is 0.229 e. The molecule has 0 spiro atoms. The maximum absolute atomic E-state index is 11.6. The van der Waals surface area contributed by atoms with E-state index < -0.39 is 27.6 Å². The minimum atomic E-state index is -5.24. The van der Waals surface area contributed by atoms with Crippen molar-refractivity contribution in [3.8, 4) is 0 Å². The number of hydrogen-bond acceptors (Lipinski definition) is 3. The molecule has 0 heterocycles. The Bertz CT molecular complexity index is 427. The van der Waals surface area contributed by atoms with Crippen LogP contribution >= 0.6 is 11.8 Å². The van der Waals surface area contributed by atoms with E-state index in [9.17, 15) is 34.8 Å². The first-order valence-corrected chi connectivity index (χ1v) is 13.7. The summed E-state index contributed by atoms with van der Waals surface area (Å²) in [5.74, 6) is 0.833. The van der Waals surface area contributed by atoms with Crippen LogP contribution in [0.15, 0.2) is 0 Å². The summed E-state index contributed by atoms with van der Waals surface area (Å²) < 4.78 is 88.9. The molecule has 2 nitrogen and oxygen atoms in total. The van der Waals surface area contributed by atoms with Crippen LogP contribution in [0.1, 0.15) is 82.6 Å². The lowest BCUT2D eigenvalue weighted by Crippen LogP contribution is -2.44. The Kier molecular flexibility index (Phi) is 29.4. The highest BCUT2D eigenvalue weighted by molar-refractivity contribution is 7.97. The van der Waals surface area contributed by atoms with E-state index in [1.54, 1.807) is 11.8 Å². The molecule has 10 heteroatoms. The summed E-state index contributed by atoms with van der Waals surface area (Å²) in [5, 5.41) is 0. The van der Waals surface area contributed by atoms with E-state index in [0.717, 1.165) is 18.4 Å². The van der Waals surface area contributed by atoms with Crippen molar-refractivity contribution >= 4 is 21.6 Å². The van der Waals surface area contributed by atoms with E-state index in [1.807, 2.05) is 12.5 Å². The molecule has 0 rings (SSSR count). The Balaban J connectivity index is -0.0000000664. The van der Waals surface area contributed by atoms with Gasteiger partial charge < -0.3 is 0 Å². The Morgan fingerprint density at radius 3 is 0.774 bits per heavy atom. The highest BCUT2D eigenvalue weighted by Gasteiger charge is 2.64. The van der Waals surface area contributed by atoms with Gasteiger partial charge in [-0.25, -0.2) is 8.42 Å². The first-order chi connectivity index (χ1) is 13.1. The molecule has 0 radical (unpaired) electrons. The highest BCUT2D eigenvalue weighted by Crippen LogP contribution is 2.49. The molecule has 198 valence electrons. The summed E-state index contributed by atoms with van der Waals surface area (Å²) in [6.07, 6.45) is -2.84. The van der Waals surface area contributed by atoms with Crippen LogP contribution in [0.25, 0.3) is 0 Å². The Morgan fingerprint density at radius 1 is 0.710 bits per heavy atom. The third-order valence-electron chi connectivity index (χ3n) is 1.42. The summed E-state index contributed by atoms with van der Waals surface area (Å²) in [4.78, 5) is 0. The monoisotopic (exact) mass is 510 g/mol. The molecule has 0 aromatic carbocycles. The summed E-state index contributed by atoms with van der Waals surface area (Å²) in [6, 6.07) is 0. The lowest BCUT2D eigenvalue weighted by molar-refractivity contribution is -0.327. The van der Waals surface area contributed by atoms with Crippen molar-refractivity contribution < 1.29 is 34.8 Å². The van der Waals surface area contributed by atoms with Crippen LogP contribution in [0.5, 0.6) is 0 Å². The average molecular weight is 511 g/mol. The van der Waals surface area contributed by atoms with Gasteiger partial charge in [0.15, 0.2) is 5.41 Å². The van der Waals surface area contributed by atoms with Crippen LogP contribution in [-0.2, 0) is 9.84 Å². The minimum Gasteiger partial charge on any atom is -0.229 e. The first kappa shape index (κ1) is 44.5. The quantitative estimate of drug-likeness (QED) is 0.305. The third kappa shape index (κ3) is 72.6. The van der Waals surface area contributed by atoms with Crippen LogP contribution in [0.3, 0.4) is 0 Å². The SMILES string of the molecule is CC(C)(C(F)(F)F)C(F)(F)F.CC(C)(C)C.CC(C)C.CCC.CS(C)(=O)=O.CSC. The molecule has 0 aliphatic carbocycles. The normalized spacial score (nSPS) is 11.5. The lowest BCUT2D eigenvalue weighted by Gasteiger charge is -2.29. The van der Waals surface area contributed by atoms with Crippen LogP contribution in [0.4, 0.5) is 26.3 Å². The molecule has 0 amide bonds. The van der Waals surface area contributed by atoms with E-state index in [2.05, 4.69) is 62.3 Å². The van der Waals surface area contributed by atoms with E-state index in [1.165, 1.54) is 6.42 Å². The second kappa shape index (κ2) is 20.5. The predicted octanol–water partition coefficient (Wildman–Crippen LogP) is 8.91. The van der Waals surface area contributed by atoms with Gasteiger partial charge in [-0.1, -0.05) is 68.7 Å². The van der Waals surface area contributed by atoms with Gasteiger partial charge in [-0.2, -0.15) is 38.1 Å². The fourth-order valence-electron chi connectivity index (χ4n) is 0.161. The average Bonchev–Trinajstić information content (AvgIpc) is 2.32. The van der Waals surface area contributed by atoms with Crippen molar-refractivity contribution in [2.45, 2.75) is 94.9 Å². The van der Waals surface area contributed by atoms with Crippen LogP contribution in [0, 0.1) is 16.7 Å². The molecule has 0 N–H and O–H groups in total. The van der Waals surface area contributed by atoms with Gasteiger partial charge in [-0.05, 0) is 37.7 Å². The van der Waals surface area contributed by atoms with Crippen molar-refractivity contribution in [1.29, 1.82) is 0 Å². The van der Waals surface area contributed by atoms with E-state index >= 15 is 0 Å². The molecule has 31 heavy (non-hydrogen) atoms. The van der Waals surface area contributed by atoms with Crippen molar-refractivity contribution in [2.24, 2.45) is 16.7 Å². The zero-order valence-corrected chi connectivity index (χ0v) is 23.8. The van der Waals surface area contributed by atoms with E-state index in [0.29, 0.717) is 5.41 Å².